The average molecular weight is 261 g/mol. The Morgan fingerprint density at radius 2 is 2.06 bits per heavy atom. The van der Waals surface area contributed by atoms with Gasteiger partial charge in [0.15, 0.2) is 5.82 Å². The highest BCUT2D eigenvalue weighted by Gasteiger charge is 2.13. The maximum Gasteiger partial charge on any atom is 0.163 e. The van der Waals surface area contributed by atoms with Crippen LogP contribution >= 0.6 is 22.7 Å². The number of hydrogen-bond donors (Lipinski definition) is 1. The quantitative estimate of drug-likeness (QED) is 0.728. The number of thiophene rings is 2. The third-order valence-corrected chi connectivity index (χ3v) is 4.62. The number of anilines is 1. The molecule has 0 aromatic carbocycles. The molecule has 86 valence electrons. The molecule has 0 aliphatic heterocycles. The minimum atomic E-state index is 0.582. The molecule has 0 saturated carbocycles. The smallest absolute Gasteiger partial charge is 0.163 e. The van der Waals surface area contributed by atoms with Crippen LogP contribution < -0.4 is 5.73 Å². The van der Waals surface area contributed by atoms with Gasteiger partial charge in [-0.15, -0.1) is 11.3 Å². The lowest BCUT2D eigenvalue weighted by molar-refractivity contribution is 1.25. The number of nitrogens with zero attached hydrogens (tertiary/aromatic N) is 2. The molecule has 3 aromatic rings. The fourth-order valence-corrected chi connectivity index (χ4v) is 3.47. The van der Waals surface area contributed by atoms with Gasteiger partial charge in [-0.3, -0.25) is 0 Å². The highest BCUT2D eigenvalue weighted by molar-refractivity contribution is 7.18. The van der Waals surface area contributed by atoms with Crippen LogP contribution in [-0.2, 0) is 0 Å². The molecule has 0 fully saturated rings. The second-order valence-corrected chi connectivity index (χ2v) is 5.89. The number of hydrogen-bond acceptors (Lipinski definition) is 5. The van der Waals surface area contributed by atoms with Gasteiger partial charge in [-0.05, 0) is 30.9 Å². The van der Waals surface area contributed by atoms with Crippen molar-refractivity contribution in [1.82, 2.24) is 9.97 Å². The summed E-state index contributed by atoms with van der Waals surface area (Å²) >= 11 is 3.31. The molecule has 3 nitrogen and oxygen atoms in total. The van der Waals surface area contributed by atoms with E-state index in [2.05, 4.69) is 23.8 Å². The molecule has 5 heteroatoms. The lowest BCUT2D eigenvalue weighted by atomic mass is 10.2. The molecule has 3 rings (SSSR count). The molecule has 3 heterocycles. The Kier molecular flexibility index (Phi) is 2.38. The van der Waals surface area contributed by atoms with E-state index >= 15 is 0 Å². The molecule has 0 atom stereocenters. The molecule has 0 amide bonds. The Morgan fingerprint density at radius 1 is 1.24 bits per heavy atom. The summed E-state index contributed by atoms with van der Waals surface area (Å²) in [6.07, 6.45) is 0. The summed E-state index contributed by atoms with van der Waals surface area (Å²) in [4.78, 5) is 11.2. The number of nitrogens with two attached hydrogens (primary N) is 1. The summed E-state index contributed by atoms with van der Waals surface area (Å²) in [7, 11) is 0. The van der Waals surface area contributed by atoms with Crippen molar-refractivity contribution >= 4 is 38.7 Å². The second-order valence-electron chi connectivity index (χ2n) is 3.91. The summed E-state index contributed by atoms with van der Waals surface area (Å²) < 4.78 is 0. The minimum Gasteiger partial charge on any atom is -0.383 e. The molecule has 2 N–H and O–H groups in total. The number of aryl methyl sites for hydroxylation is 2. The highest BCUT2D eigenvalue weighted by atomic mass is 32.1. The Morgan fingerprint density at radius 3 is 2.76 bits per heavy atom. The van der Waals surface area contributed by atoms with Crippen LogP contribution in [0.15, 0.2) is 16.8 Å². The van der Waals surface area contributed by atoms with Crippen LogP contribution in [0.3, 0.4) is 0 Å². The first-order valence-electron chi connectivity index (χ1n) is 5.22. The summed E-state index contributed by atoms with van der Waals surface area (Å²) in [6.45, 7) is 4.16. The molecule has 0 aliphatic rings. The largest absolute Gasteiger partial charge is 0.383 e. The molecule has 0 bridgehead atoms. The van der Waals surface area contributed by atoms with Crippen molar-refractivity contribution in [2.45, 2.75) is 13.8 Å². The third kappa shape index (κ3) is 1.62. The van der Waals surface area contributed by atoms with Crippen molar-refractivity contribution in [2.24, 2.45) is 0 Å². The Balaban J connectivity index is 2.32. The van der Waals surface area contributed by atoms with E-state index < -0.39 is 0 Å². The minimum absolute atomic E-state index is 0.582. The first kappa shape index (κ1) is 10.7. The van der Waals surface area contributed by atoms with Crippen LogP contribution in [-0.4, -0.2) is 9.97 Å². The lowest BCUT2D eigenvalue weighted by Gasteiger charge is -2.01. The van der Waals surface area contributed by atoms with Gasteiger partial charge in [0.2, 0.25) is 0 Å². The third-order valence-electron chi connectivity index (χ3n) is 2.84. The number of rotatable bonds is 1. The van der Waals surface area contributed by atoms with Gasteiger partial charge in [0.25, 0.3) is 0 Å². The zero-order valence-corrected chi connectivity index (χ0v) is 11.2. The van der Waals surface area contributed by atoms with Gasteiger partial charge in [0.1, 0.15) is 10.6 Å². The summed E-state index contributed by atoms with van der Waals surface area (Å²) in [5.41, 5.74) is 8.26. The summed E-state index contributed by atoms with van der Waals surface area (Å²) in [5, 5.41) is 5.06. The van der Waals surface area contributed by atoms with Crippen LogP contribution in [0.2, 0.25) is 0 Å². The second kappa shape index (κ2) is 3.78. The molecule has 0 radical (unpaired) electrons. The number of fused-ring (bicyclic) bond motifs is 1. The van der Waals surface area contributed by atoms with E-state index in [0.717, 1.165) is 21.6 Å². The van der Waals surface area contributed by atoms with Gasteiger partial charge in [-0.1, -0.05) is 0 Å². The van der Waals surface area contributed by atoms with E-state index in [1.54, 1.807) is 22.7 Å². The highest BCUT2D eigenvalue weighted by Crippen LogP contribution is 2.33. The predicted molar refractivity (Wildman–Crippen MR) is 74.6 cm³/mol. The van der Waals surface area contributed by atoms with Crippen molar-refractivity contribution in [3.05, 3.63) is 27.3 Å². The monoisotopic (exact) mass is 261 g/mol. The van der Waals surface area contributed by atoms with Gasteiger partial charge in [0, 0.05) is 15.8 Å². The van der Waals surface area contributed by atoms with E-state index in [9.17, 15) is 0 Å². The first-order valence-corrected chi connectivity index (χ1v) is 6.98. The van der Waals surface area contributed by atoms with Crippen molar-refractivity contribution < 1.29 is 0 Å². The van der Waals surface area contributed by atoms with E-state index in [-0.39, 0.29) is 0 Å². The van der Waals surface area contributed by atoms with Gasteiger partial charge >= 0.3 is 0 Å². The Hall–Kier alpha value is -1.46. The average Bonchev–Trinajstić information content (AvgIpc) is 2.88. The molecular formula is C12H11N3S2. The van der Waals surface area contributed by atoms with Gasteiger partial charge in [-0.25, -0.2) is 9.97 Å². The predicted octanol–water partition coefficient (Wildman–Crippen LogP) is 3.62. The zero-order chi connectivity index (χ0) is 12.0. The lowest BCUT2D eigenvalue weighted by Crippen LogP contribution is -1.96. The fourth-order valence-electron chi connectivity index (χ4n) is 1.80. The normalized spacial score (nSPS) is 11.2. The van der Waals surface area contributed by atoms with Crippen LogP contribution in [0.1, 0.15) is 10.4 Å². The van der Waals surface area contributed by atoms with Crippen LogP contribution in [0.5, 0.6) is 0 Å². The van der Waals surface area contributed by atoms with Crippen molar-refractivity contribution in [1.29, 1.82) is 0 Å². The van der Waals surface area contributed by atoms with Crippen molar-refractivity contribution in [3.8, 4) is 11.4 Å². The molecular weight excluding hydrogens is 250 g/mol. The Labute approximate surface area is 107 Å². The van der Waals surface area contributed by atoms with E-state index in [4.69, 9.17) is 5.73 Å². The summed E-state index contributed by atoms with van der Waals surface area (Å²) in [6, 6.07) is 2.01. The molecule has 0 unspecified atom stereocenters. The molecule has 17 heavy (non-hydrogen) atoms. The molecule has 0 aliphatic carbocycles. The van der Waals surface area contributed by atoms with Gasteiger partial charge in [-0.2, -0.15) is 11.3 Å². The summed E-state index contributed by atoms with van der Waals surface area (Å²) in [5.74, 6) is 1.30. The molecule has 0 spiro atoms. The first-order chi connectivity index (χ1) is 8.16. The van der Waals surface area contributed by atoms with Crippen molar-refractivity contribution in [2.75, 3.05) is 5.73 Å². The molecule has 0 saturated heterocycles. The van der Waals surface area contributed by atoms with Gasteiger partial charge in [0.05, 0.1) is 5.39 Å². The van der Waals surface area contributed by atoms with Gasteiger partial charge < -0.3 is 5.73 Å². The van der Waals surface area contributed by atoms with E-state index in [0.29, 0.717) is 5.82 Å². The zero-order valence-electron chi connectivity index (χ0n) is 9.52. The topological polar surface area (TPSA) is 51.8 Å². The van der Waals surface area contributed by atoms with Crippen LogP contribution in [0.25, 0.3) is 21.6 Å². The van der Waals surface area contributed by atoms with Crippen LogP contribution in [0.4, 0.5) is 5.82 Å². The maximum atomic E-state index is 6.04. The van der Waals surface area contributed by atoms with Crippen molar-refractivity contribution in [3.63, 3.8) is 0 Å². The van der Waals surface area contributed by atoms with E-state index in [1.165, 1.54) is 10.4 Å². The standard InChI is InChI=1S/C12H11N3S2/c1-6-7(2)17-12-9(6)10(13)14-11(15-12)8-3-4-16-5-8/h3-5H,1-2H3,(H2,13,14,15). The van der Waals surface area contributed by atoms with E-state index in [1.807, 2.05) is 16.8 Å². The maximum absolute atomic E-state index is 6.04. The number of nitrogen functional groups attached to an aromatic ring is 1. The Bertz CT molecular complexity index is 683. The fraction of sp³-hybridized carbons (Fsp3) is 0.167. The molecule has 3 aromatic heterocycles. The number of aromatic nitrogens is 2. The SMILES string of the molecule is Cc1sc2nc(-c3ccsc3)nc(N)c2c1C. The van der Waals surface area contributed by atoms with Crippen LogP contribution in [0, 0.1) is 13.8 Å².